The number of phenols is 3. The number of ether oxygens (including phenoxy) is 5. The average molecular weight is 736 g/mol. The van der Waals surface area contributed by atoms with Crippen molar-refractivity contribution in [1.82, 2.24) is 0 Å². The minimum atomic E-state index is -5.61. The quantitative estimate of drug-likeness (QED) is 0.0690. The van der Waals surface area contributed by atoms with Gasteiger partial charge >= 0.3 is 59.1 Å². The molecule has 0 saturated carbocycles. The molecule has 0 radical (unpaired) electrons. The molecule has 2 aromatic carbocycles. The van der Waals surface area contributed by atoms with Gasteiger partial charge in [0.1, 0.15) is 73.4 Å². The molecule has 49 heavy (non-hydrogen) atoms. The minimum absolute atomic E-state index is 0. The fourth-order valence-corrected chi connectivity index (χ4v) is 5.69. The second kappa shape index (κ2) is 16.7. The Hall–Kier alpha value is -1.14. The van der Waals surface area contributed by atoms with Crippen molar-refractivity contribution in [2.45, 2.75) is 80.5 Å². The summed E-state index contributed by atoms with van der Waals surface area (Å²) in [5.41, 5.74) is -0.630. The molecule has 0 aliphatic carbocycles. The fraction of sp³-hybridized carbons (Fsp3) is 0.519. The van der Waals surface area contributed by atoms with Crippen LogP contribution in [-0.2, 0) is 23.5 Å². The topological polar surface area (TPSA) is 318 Å². The molecule has 9 N–H and O–H groups in total. The van der Waals surface area contributed by atoms with Gasteiger partial charge in [-0.3, -0.25) is 4.79 Å². The predicted octanol–water partition coefficient (Wildman–Crippen LogP) is -9.63. The number of Topliss-reactive ketones (excluding diaryl/α,β-unsaturated/α-hetero) is 1. The van der Waals surface area contributed by atoms with Gasteiger partial charge in [-0.15, -0.1) is 0 Å². The Labute approximate surface area is 321 Å². The number of aliphatic hydroxyl groups is 6. The Morgan fingerprint density at radius 3 is 2.06 bits per heavy atom. The summed E-state index contributed by atoms with van der Waals surface area (Å²) in [6, 6.07) is 4.67. The molecule has 2 saturated heterocycles. The zero-order chi connectivity index (χ0) is 34.5. The van der Waals surface area contributed by atoms with Gasteiger partial charge in [-0.2, -0.15) is 0 Å². The van der Waals surface area contributed by atoms with Crippen molar-refractivity contribution in [2.24, 2.45) is 0 Å². The molecule has 0 bridgehead atoms. The van der Waals surface area contributed by atoms with Gasteiger partial charge in [-0.1, -0.05) is 6.07 Å². The first-order valence-electron chi connectivity index (χ1n) is 13.9. The largest absolute Gasteiger partial charge is 1.00 e. The molecular formula is C27H31Na2O19P. The molecule has 0 amide bonds. The number of aliphatic hydroxyl groups excluding tert-OH is 6. The van der Waals surface area contributed by atoms with Crippen LogP contribution in [0.5, 0.6) is 28.7 Å². The number of hydrogen-bond donors (Lipinski definition) is 9. The van der Waals surface area contributed by atoms with Crippen LogP contribution >= 0.6 is 7.82 Å². The molecule has 12 atom stereocenters. The van der Waals surface area contributed by atoms with Crippen LogP contribution in [0, 0.1) is 0 Å². The van der Waals surface area contributed by atoms with E-state index in [1.54, 1.807) is 0 Å². The molecule has 3 aliphatic rings. The van der Waals surface area contributed by atoms with E-state index in [1.165, 1.54) is 13.0 Å². The van der Waals surface area contributed by atoms with Crippen molar-refractivity contribution in [2.75, 3.05) is 6.61 Å². The Balaban J connectivity index is 0.00000325. The maximum atomic E-state index is 13.8. The molecule has 5 rings (SSSR count). The molecule has 2 fully saturated rings. The van der Waals surface area contributed by atoms with Gasteiger partial charge in [-0.05, 0) is 24.6 Å². The first kappa shape index (κ1) is 42.3. The second-order valence-electron chi connectivity index (χ2n) is 11.1. The van der Waals surface area contributed by atoms with Crippen LogP contribution in [0.2, 0.25) is 0 Å². The van der Waals surface area contributed by atoms with E-state index in [2.05, 4.69) is 4.52 Å². The van der Waals surface area contributed by atoms with Crippen molar-refractivity contribution in [3.05, 3.63) is 41.5 Å². The molecule has 3 heterocycles. The number of hydrogen-bond acceptors (Lipinski definition) is 19. The summed E-state index contributed by atoms with van der Waals surface area (Å²) in [5, 5.41) is 92.5. The van der Waals surface area contributed by atoms with Crippen LogP contribution < -0.4 is 78.2 Å². The number of phosphoric ester groups is 1. The summed E-state index contributed by atoms with van der Waals surface area (Å²) in [4.78, 5) is 36.1. The Kier molecular flexibility index (Phi) is 14.4. The Morgan fingerprint density at radius 1 is 0.796 bits per heavy atom. The van der Waals surface area contributed by atoms with E-state index in [1.807, 2.05) is 0 Å². The summed E-state index contributed by atoms with van der Waals surface area (Å²) in [6.45, 7) is 0.748. The average Bonchev–Trinajstić information content (AvgIpc) is 2.99. The first-order chi connectivity index (χ1) is 22.0. The van der Waals surface area contributed by atoms with Gasteiger partial charge in [0.25, 0.3) is 0 Å². The van der Waals surface area contributed by atoms with Crippen molar-refractivity contribution in [3.63, 3.8) is 0 Å². The van der Waals surface area contributed by atoms with E-state index in [-0.39, 0.29) is 64.7 Å². The number of phenolic OH excluding ortho intramolecular Hbond substituents is 3. The Morgan fingerprint density at radius 2 is 1.43 bits per heavy atom. The number of rotatable bonds is 8. The van der Waals surface area contributed by atoms with Gasteiger partial charge in [0.15, 0.2) is 36.3 Å². The standard InChI is InChI=1S/C27H33O19P.2Na/c1-8-17(31)20(34)22(36)26(42-8)41-7-15-18(32)21(35)23(37)27(44-15)45-25-19(33)16-13(30)5-10(46-47(38,39)40)6-14(16)43-24(25)9-2-3-11(28)12(29)4-9;;/h2-6,8,15,17-18,20-32,34-37H,7H2,1H3,(H2,38,39,40);;/q;2*+1/p-2/t8?,15-,17?,18?,20-,21+,22-,23?,24?,25?,26+,27+;;/m1../s1. The number of carbonyl (C=O) groups excluding carboxylic acids is 1. The zero-order valence-corrected chi connectivity index (χ0v) is 31.0. The van der Waals surface area contributed by atoms with E-state index in [4.69, 9.17) is 23.7 Å². The molecule has 0 aromatic heterocycles. The number of benzene rings is 2. The van der Waals surface area contributed by atoms with Gasteiger partial charge in [0.2, 0.25) is 5.78 Å². The number of phosphoric acid groups is 1. The summed E-state index contributed by atoms with van der Waals surface area (Å²) < 4.78 is 43.4. The van der Waals surface area contributed by atoms with Crippen LogP contribution in [0.25, 0.3) is 0 Å². The SMILES string of the molecule is CC1O[C@H](OC[C@H]2O[C@@H](OC3C(=O)c4c(O)cc(OP(=O)([O-])[O-])cc4OC3c3ccc(O)c(O)c3)C(O)[C@@H](O)C2O)[C@H](O)[C@H](O)C1O.[Na+].[Na+]. The maximum absolute atomic E-state index is 13.8. The van der Waals surface area contributed by atoms with Gasteiger partial charge < -0.3 is 88.5 Å². The third kappa shape index (κ3) is 9.09. The van der Waals surface area contributed by atoms with Gasteiger partial charge in [0.05, 0.1) is 12.7 Å². The molecule has 22 heteroatoms. The molecule has 2 aromatic rings. The smallest absolute Gasteiger partial charge is 0.780 e. The number of carbonyl (C=O) groups is 1. The van der Waals surface area contributed by atoms with E-state index in [0.29, 0.717) is 6.07 Å². The van der Waals surface area contributed by atoms with E-state index >= 15 is 0 Å². The van der Waals surface area contributed by atoms with Gasteiger partial charge in [-0.25, -0.2) is 0 Å². The maximum Gasteiger partial charge on any atom is 1.00 e. The summed E-state index contributed by atoms with van der Waals surface area (Å²) in [7, 11) is -5.61. The van der Waals surface area contributed by atoms with E-state index in [9.17, 15) is 65.1 Å². The number of ketones is 1. The predicted molar refractivity (Wildman–Crippen MR) is 144 cm³/mol. The van der Waals surface area contributed by atoms with Crippen molar-refractivity contribution < 1.29 is 152 Å². The van der Waals surface area contributed by atoms with Crippen LogP contribution in [0.15, 0.2) is 30.3 Å². The Bertz CT molecular complexity index is 1530. The summed E-state index contributed by atoms with van der Waals surface area (Å²) >= 11 is 0. The third-order valence-electron chi connectivity index (χ3n) is 7.82. The summed E-state index contributed by atoms with van der Waals surface area (Å²) in [6.07, 6.45) is -20.1. The monoisotopic (exact) mass is 736 g/mol. The normalized spacial score (nSPS) is 34.5. The number of fused-ring (bicyclic) bond motifs is 1. The van der Waals surface area contributed by atoms with E-state index < -0.39 is 128 Å². The van der Waals surface area contributed by atoms with Crippen LogP contribution in [0.1, 0.15) is 28.9 Å². The van der Waals surface area contributed by atoms with Crippen LogP contribution in [0.4, 0.5) is 0 Å². The molecule has 0 spiro atoms. The van der Waals surface area contributed by atoms with Crippen LogP contribution in [0.3, 0.4) is 0 Å². The third-order valence-corrected chi connectivity index (χ3v) is 8.25. The molecule has 260 valence electrons. The van der Waals surface area contributed by atoms with E-state index in [0.717, 1.165) is 18.2 Å². The fourth-order valence-electron chi connectivity index (χ4n) is 5.32. The van der Waals surface area contributed by atoms with Gasteiger partial charge in [0, 0.05) is 12.1 Å². The number of aromatic hydroxyl groups is 3. The molecule has 19 nitrogen and oxygen atoms in total. The van der Waals surface area contributed by atoms with Crippen molar-refractivity contribution in [1.29, 1.82) is 0 Å². The zero-order valence-electron chi connectivity index (χ0n) is 26.1. The summed E-state index contributed by atoms with van der Waals surface area (Å²) in [5.74, 6) is -4.39. The first-order valence-corrected chi connectivity index (χ1v) is 15.4. The second-order valence-corrected chi connectivity index (χ2v) is 12.2. The van der Waals surface area contributed by atoms with Crippen molar-refractivity contribution in [3.8, 4) is 28.7 Å². The molecule has 6 unspecified atom stereocenters. The van der Waals surface area contributed by atoms with Crippen molar-refractivity contribution >= 4 is 13.6 Å². The molecule has 3 aliphatic heterocycles. The van der Waals surface area contributed by atoms with Crippen LogP contribution in [-0.4, -0.2) is 126 Å². The minimum Gasteiger partial charge on any atom is -0.780 e. The molecular weight excluding hydrogens is 705 g/mol.